The van der Waals surface area contributed by atoms with Gasteiger partial charge in [-0.15, -0.1) is 0 Å². The van der Waals surface area contributed by atoms with Crippen molar-refractivity contribution >= 4 is 17.3 Å². The minimum atomic E-state index is -4.99. The molecule has 0 bridgehead atoms. The molecule has 0 radical (unpaired) electrons. The Morgan fingerprint density at radius 1 is 1.03 bits per heavy atom. The quantitative estimate of drug-likeness (QED) is 0.381. The van der Waals surface area contributed by atoms with Crippen molar-refractivity contribution in [2.24, 2.45) is 5.92 Å². The largest absolute Gasteiger partial charge is 0.497 e. The number of halogens is 6. The SMILES string of the molecule is COc1cccc(/C(C)=C/CCC(C)CNC(=O)Nc2cc(C(F)(F)F)cc(C(F)(F)F)c2)c1. The van der Waals surface area contributed by atoms with Crippen LogP contribution in [0.4, 0.5) is 36.8 Å². The highest BCUT2D eigenvalue weighted by molar-refractivity contribution is 5.89. The minimum Gasteiger partial charge on any atom is -0.497 e. The predicted octanol–water partition coefficient (Wildman–Crippen LogP) is 7.37. The molecule has 0 aliphatic carbocycles. The Morgan fingerprint density at radius 2 is 1.65 bits per heavy atom. The van der Waals surface area contributed by atoms with E-state index in [1.165, 1.54) is 0 Å². The minimum absolute atomic E-state index is 0.00614. The number of alkyl halides is 6. The Kier molecular flexibility index (Phi) is 9.00. The van der Waals surface area contributed by atoms with Crippen LogP contribution in [0.5, 0.6) is 5.75 Å². The molecule has 4 nitrogen and oxygen atoms in total. The number of ether oxygens (including phenoxy) is 1. The highest BCUT2D eigenvalue weighted by Crippen LogP contribution is 2.37. The van der Waals surface area contributed by atoms with Crippen molar-refractivity contribution in [1.29, 1.82) is 0 Å². The van der Waals surface area contributed by atoms with Crippen LogP contribution in [0.1, 0.15) is 43.4 Å². The van der Waals surface area contributed by atoms with E-state index in [2.05, 4.69) is 10.6 Å². The van der Waals surface area contributed by atoms with Crippen molar-refractivity contribution in [3.8, 4) is 5.75 Å². The number of hydrogen-bond acceptors (Lipinski definition) is 2. The predicted molar refractivity (Wildman–Crippen MR) is 119 cm³/mol. The van der Waals surface area contributed by atoms with E-state index in [0.717, 1.165) is 23.3 Å². The van der Waals surface area contributed by atoms with Crippen molar-refractivity contribution in [2.45, 2.75) is 39.0 Å². The molecule has 10 heteroatoms. The summed E-state index contributed by atoms with van der Waals surface area (Å²) in [4.78, 5) is 12.1. The average Bonchev–Trinajstić information content (AvgIpc) is 2.76. The van der Waals surface area contributed by atoms with E-state index in [4.69, 9.17) is 4.74 Å². The maximum atomic E-state index is 12.9. The molecule has 2 aromatic rings. The monoisotopic (exact) mass is 488 g/mol. The van der Waals surface area contributed by atoms with Crippen LogP contribution in [0.15, 0.2) is 48.5 Å². The number of methoxy groups -OCH3 is 1. The third-order valence-corrected chi connectivity index (χ3v) is 5.09. The van der Waals surface area contributed by atoms with Gasteiger partial charge in [-0.05, 0) is 67.2 Å². The lowest BCUT2D eigenvalue weighted by atomic mass is 10.0. The molecule has 0 aliphatic rings. The molecule has 0 fully saturated rings. The Morgan fingerprint density at radius 3 is 2.21 bits per heavy atom. The second-order valence-electron chi connectivity index (χ2n) is 7.93. The van der Waals surface area contributed by atoms with Gasteiger partial charge in [0.2, 0.25) is 0 Å². The first-order valence-electron chi connectivity index (χ1n) is 10.4. The topological polar surface area (TPSA) is 50.4 Å². The number of allylic oxidation sites excluding steroid dienone is 2. The summed E-state index contributed by atoms with van der Waals surface area (Å²) in [6, 6.07) is 7.65. The van der Waals surface area contributed by atoms with Crippen LogP contribution in [-0.2, 0) is 12.4 Å². The van der Waals surface area contributed by atoms with E-state index in [1.54, 1.807) is 7.11 Å². The Balaban J connectivity index is 1.91. The first kappa shape index (κ1) is 27.1. The highest BCUT2D eigenvalue weighted by Gasteiger charge is 2.37. The summed E-state index contributed by atoms with van der Waals surface area (Å²) in [6.07, 6.45) is -6.50. The van der Waals surface area contributed by atoms with Gasteiger partial charge in [0.15, 0.2) is 0 Å². The van der Waals surface area contributed by atoms with Gasteiger partial charge in [0.1, 0.15) is 5.75 Å². The van der Waals surface area contributed by atoms with Gasteiger partial charge in [0.25, 0.3) is 0 Å². The maximum Gasteiger partial charge on any atom is 0.416 e. The zero-order valence-electron chi connectivity index (χ0n) is 18.9. The summed E-state index contributed by atoms with van der Waals surface area (Å²) in [5.41, 5.74) is -1.51. The van der Waals surface area contributed by atoms with Gasteiger partial charge in [-0.25, -0.2) is 4.79 Å². The fourth-order valence-corrected chi connectivity index (χ4v) is 3.14. The van der Waals surface area contributed by atoms with Crippen LogP contribution < -0.4 is 15.4 Å². The number of carbonyl (C=O) groups is 1. The molecule has 0 saturated heterocycles. The molecule has 0 saturated carbocycles. The van der Waals surface area contributed by atoms with Crippen molar-refractivity contribution in [3.63, 3.8) is 0 Å². The second kappa shape index (κ2) is 11.3. The van der Waals surface area contributed by atoms with Crippen molar-refractivity contribution in [1.82, 2.24) is 5.32 Å². The molecule has 2 N–H and O–H groups in total. The molecule has 1 atom stereocenters. The first-order valence-corrected chi connectivity index (χ1v) is 10.4. The van der Waals surface area contributed by atoms with Crippen molar-refractivity contribution in [2.75, 3.05) is 19.0 Å². The fraction of sp³-hybridized carbons (Fsp3) is 0.375. The molecule has 1 unspecified atom stereocenters. The van der Waals surface area contributed by atoms with Gasteiger partial charge in [-0.2, -0.15) is 26.3 Å². The number of amides is 2. The van der Waals surface area contributed by atoms with Crippen LogP contribution in [-0.4, -0.2) is 19.7 Å². The van der Waals surface area contributed by atoms with Crippen LogP contribution in [0.3, 0.4) is 0 Å². The molecule has 2 rings (SSSR count). The smallest absolute Gasteiger partial charge is 0.416 e. The summed E-state index contributed by atoms with van der Waals surface area (Å²) in [7, 11) is 1.59. The average molecular weight is 488 g/mol. The Hall–Kier alpha value is -3.17. The van der Waals surface area contributed by atoms with Gasteiger partial charge in [0.05, 0.1) is 18.2 Å². The first-order chi connectivity index (χ1) is 15.8. The molecule has 186 valence electrons. The molecule has 2 amide bonds. The lowest BCUT2D eigenvalue weighted by Crippen LogP contribution is -2.32. The molecule has 2 aromatic carbocycles. The zero-order chi connectivity index (χ0) is 25.5. The summed E-state index contributed by atoms with van der Waals surface area (Å²) in [5.74, 6) is 0.768. The molecular weight excluding hydrogens is 462 g/mol. The zero-order valence-corrected chi connectivity index (χ0v) is 18.9. The Bertz CT molecular complexity index is 983. The number of nitrogens with one attached hydrogen (secondary N) is 2. The molecule has 0 aromatic heterocycles. The number of carbonyl (C=O) groups excluding carboxylic acids is 1. The van der Waals surface area contributed by atoms with Gasteiger partial charge in [-0.1, -0.05) is 25.1 Å². The summed E-state index contributed by atoms with van der Waals surface area (Å²) in [5, 5.41) is 4.54. The van der Waals surface area contributed by atoms with E-state index in [-0.39, 0.29) is 18.5 Å². The van der Waals surface area contributed by atoms with E-state index in [0.29, 0.717) is 18.6 Å². The van der Waals surface area contributed by atoms with E-state index in [1.807, 2.05) is 44.2 Å². The molecule has 34 heavy (non-hydrogen) atoms. The van der Waals surface area contributed by atoms with E-state index in [9.17, 15) is 31.1 Å². The van der Waals surface area contributed by atoms with E-state index >= 15 is 0 Å². The number of anilines is 1. The summed E-state index contributed by atoms with van der Waals surface area (Å²) in [6.45, 7) is 4.04. The number of benzene rings is 2. The lowest BCUT2D eigenvalue weighted by Gasteiger charge is -2.16. The molecular formula is C24H26F6N2O2. The molecule has 0 heterocycles. The number of hydrogen-bond donors (Lipinski definition) is 2. The Labute approximate surface area is 194 Å². The summed E-state index contributed by atoms with van der Waals surface area (Å²) < 4.78 is 82.9. The normalized spacial score (nSPS) is 13.4. The lowest BCUT2D eigenvalue weighted by molar-refractivity contribution is -0.143. The highest BCUT2D eigenvalue weighted by atomic mass is 19.4. The van der Waals surface area contributed by atoms with Gasteiger partial charge in [0, 0.05) is 12.2 Å². The molecule has 0 aliphatic heterocycles. The maximum absolute atomic E-state index is 12.9. The number of urea groups is 1. The third-order valence-electron chi connectivity index (χ3n) is 5.09. The molecule has 0 spiro atoms. The van der Waals surface area contributed by atoms with Crippen LogP contribution in [0.25, 0.3) is 5.57 Å². The van der Waals surface area contributed by atoms with Gasteiger partial charge in [-0.3, -0.25) is 0 Å². The second-order valence-corrected chi connectivity index (χ2v) is 7.93. The van der Waals surface area contributed by atoms with Gasteiger partial charge >= 0.3 is 18.4 Å². The van der Waals surface area contributed by atoms with Crippen LogP contribution in [0, 0.1) is 5.92 Å². The van der Waals surface area contributed by atoms with Crippen molar-refractivity contribution < 1.29 is 35.9 Å². The van der Waals surface area contributed by atoms with Crippen molar-refractivity contribution in [3.05, 3.63) is 65.2 Å². The standard InChI is InChI=1S/C24H26F6N2O2/c1-15(6-4-7-16(2)17-8-5-9-21(10-17)34-3)14-31-22(33)32-20-12-18(23(25,26)27)11-19(13-20)24(28,29)30/h5,7-13,15H,4,6,14H2,1-3H3,(H2,31,32,33)/b16-7+. The fourth-order valence-electron chi connectivity index (χ4n) is 3.14. The van der Waals surface area contributed by atoms with Gasteiger partial charge < -0.3 is 15.4 Å². The number of rotatable bonds is 8. The van der Waals surface area contributed by atoms with E-state index < -0.39 is 35.2 Å². The summed E-state index contributed by atoms with van der Waals surface area (Å²) >= 11 is 0. The van der Waals surface area contributed by atoms with Crippen LogP contribution >= 0.6 is 0 Å². The van der Waals surface area contributed by atoms with Crippen LogP contribution in [0.2, 0.25) is 0 Å². The third kappa shape index (κ3) is 8.31.